The molecule has 2 aliphatic heterocycles. The van der Waals surface area contributed by atoms with E-state index < -0.39 is 10.0 Å². The van der Waals surface area contributed by atoms with Crippen LogP contribution in [0, 0.1) is 20.8 Å². The second-order valence-electron chi connectivity index (χ2n) is 10.9. The number of fused-ring (bicyclic) bond motifs is 5. The fourth-order valence-corrected chi connectivity index (χ4v) is 6.72. The van der Waals surface area contributed by atoms with E-state index in [0.29, 0.717) is 37.4 Å². The number of hydrogen-bond acceptors (Lipinski definition) is 8. The van der Waals surface area contributed by atoms with Gasteiger partial charge in [-0.15, -0.1) is 0 Å². The predicted octanol–water partition coefficient (Wildman–Crippen LogP) is 3.32. The van der Waals surface area contributed by atoms with Gasteiger partial charge in [-0.25, -0.2) is 18.1 Å². The molecule has 1 atom stereocenters. The van der Waals surface area contributed by atoms with Gasteiger partial charge in [0.25, 0.3) is 15.9 Å². The Morgan fingerprint density at radius 3 is 2.52 bits per heavy atom. The highest BCUT2D eigenvalue weighted by atomic mass is 32.2. The zero-order valence-corrected chi connectivity index (χ0v) is 24.9. The van der Waals surface area contributed by atoms with Gasteiger partial charge in [-0.1, -0.05) is 24.3 Å². The Labute approximate surface area is 245 Å². The molecule has 1 fully saturated rings. The molecule has 0 aliphatic carbocycles. The lowest BCUT2D eigenvalue weighted by Crippen LogP contribution is -2.57. The van der Waals surface area contributed by atoms with E-state index in [1.54, 1.807) is 23.1 Å². The third-order valence-corrected chi connectivity index (χ3v) is 9.14. The zero-order chi connectivity index (χ0) is 29.6. The van der Waals surface area contributed by atoms with Crippen molar-refractivity contribution in [3.63, 3.8) is 0 Å². The van der Waals surface area contributed by atoms with Crippen LogP contribution in [0.4, 0.5) is 5.95 Å². The molecule has 1 N–H and O–H groups in total. The van der Waals surface area contributed by atoms with Crippen molar-refractivity contribution in [2.45, 2.75) is 38.3 Å². The van der Waals surface area contributed by atoms with Gasteiger partial charge in [-0.3, -0.25) is 14.4 Å². The molecule has 218 valence electrons. The topological polar surface area (TPSA) is 123 Å². The highest BCUT2D eigenvalue weighted by Crippen LogP contribution is 2.30. The van der Waals surface area contributed by atoms with Crippen LogP contribution in [0.3, 0.4) is 0 Å². The summed E-state index contributed by atoms with van der Waals surface area (Å²) in [5.41, 5.74) is 5.80. The van der Waals surface area contributed by atoms with Crippen LogP contribution in [0.15, 0.2) is 59.6 Å². The number of nitrogens with one attached hydrogen (secondary N) is 1. The van der Waals surface area contributed by atoms with Crippen molar-refractivity contribution in [1.82, 2.24) is 29.5 Å². The van der Waals surface area contributed by atoms with E-state index >= 15 is 0 Å². The molecule has 1 saturated heterocycles. The summed E-state index contributed by atoms with van der Waals surface area (Å²) in [6.07, 6.45) is 2.02. The Balaban J connectivity index is 1.41. The molecule has 0 spiro atoms. The van der Waals surface area contributed by atoms with E-state index in [4.69, 9.17) is 4.74 Å². The lowest BCUT2D eigenvalue weighted by molar-refractivity contribution is 0.0310. The smallest absolute Gasteiger partial charge is 0.264 e. The first kappa shape index (κ1) is 27.9. The number of amides is 1. The molecule has 2 aliphatic rings. The lowest BCUT2D eigenvalue weighted by Gasteiger charge is -2.41. The fourth-order valence-electron chi connectivity index (χ4n) is 5.73. The summed E-state index contributed by atoms with van der Waals surface area (Å²) in [4.78, 5) is 26.8. The third kappa shape index (κ3) is 5.47. The number of rotatable bonds is 3. The van der Waals surface area contributed by atoms with Gasteiger partial charge in [0.05, 0.1) is 22.3 Å². The van der Waals surface area contributed by atoms with Crippen LogP contribution in [0.25, 0.3) is 11.3 Å². The molecule has 11 nitrogen and oxygen atoms in total. The van der Waals surface area contributed by atoms with E-state index in [2.05, 4.69) is 24.7 Å². The van der Waals surface area contributed by atoms with Crippen molar-refractivity contribution in [3.8, 4) is 17.1 Å². The van der Waals surface area contributed by atoms with Crippen LogP contribution in [0.5, 0.6) is 5.88 Å². The van der Waals surface area contributed by atoms with Crippen molar-refractivity contribution >= 4 is 21.9 Å². The minimum Gasteiger partial charge on any atom is -0.475 e. The van der Waals surface area contributed by atoms with Crippen molar-refractivity contribution in [1.29, 1.82) is 0 Å². The SMILES string of the molecule is Cc1cccc(C)c1-c1cc2nc(n1)NS(=O)(=O)c1cccc(c1)C(=O)N1CCN(Cc3cn(C)nc3C)C[C@@H]1CO2. The average molecular weight is 588 g/mol. The van der Waals surface area contributed by atoms with Gasteiger partial charge >= 0.3 is 0 Å². The first-order chi connectivity index (χ1) is 20.1. The summed E-state index contributed by atoms with van der Waals surface area (Å²) in [6.45, 7) is 8.51. The first-order valence-corrected chi connectivity index (χ1v) is 15.3. The van der Waals surface area contributed by atoms with Crippen molar-refractivity contribution < 1.29 is 17.9 Å². The Morgan fingerprint density at radius 2 is 1.79 bits per heavy atom. The number of aromatic nitrogens is 4. The summed E-state index contributed by atoms with van der Waals surface area (Å²) in [5, 5.41) is 4.47. The molecule has 0 saturated carbocycles. The van der Waals surface area contributed by atoms with Crippen LogP contribution in [-0.4, -0.2) is 76.2 Å². The van der Waals surface area contributed by atoms with Crippen LogP contribution < -0.4 is 9.46 Å². The van der Waals surface area contributed by atoms with Gasteiger partial charge in [0, 0.05) is 62.2 Å². The highest BCUT2D eigenvalue weighted by molar-refractivity contribution is 7.92. The van der Waals surface area contributed by atoms with E-state index in [1.807, 2.05) is 56.9 Å². The quantitative estimate of drug-likeness (QED) is 0.387. The van der Waals surface area contributed by atoms with Crippen LogP contribution >= 0.6 is 0 Å². The maximum absolute atomic E-state index is 13.8. The maximum Gasteiger partial charge on any atom is 0.264 e. The number of anilines is 1. The predicted molar refractivity (Wildman–Crippen MR) is 158 cm³/mol. The number of ether oxygens (including phenoxy) is 1. The molecule has 0 unspecified atom stereocenters. The summed E-state index contributed by atoms with van der Waals surface area (Å²) in [5.74, 6) is -0.125. The number of aryl methyl sites for hydroxylation is 4. The van der Waals surface area contributed by atoms with E-state index in [0.717, 1.165) is 27.9 Å². The molecular formula is C30H33N7O4S. The minimum atomic E-state index is -4.09. The molecule has 2 aromatic carbocycles. The number of hydrogen-bond donors (Lipinski definition) is 1. The normalized spacial score (nSPS) is 18.6. The Morgan fingerprint density at radius 1 is 1.02 bits per heavy atom. The Bertz CT molecular complexity index is 1770. The standard InChI is InChI=1S/C30H33N7O4S/c1-19-7-5-8-20(2)28(19)26-14-27-32-30(31-26)34-42(39,40)25-10-6-9-22(13-25)29(38)37-12-11-36(17-24(37)18-41-27)16-23-15-35(4)33-21(23)3/h5-10,13-15,24H,11-12,16-18H2,1-4H3,(H,31,32,34)/t24-/m1/s1. The van der Waals surface area contributed by atoms with Crippen molar-refractivity contribution in [3.05, 3.63) is 82.7 Å². The third-order valence-electron chi connectivity index (χ3n) is 7.82. The maximum atomic E-state index is 13.8. The first-order valence-electron chi connectivity index (χ1n) is 13.8. The minimum absolute atomic E-state index is 0.0432. The molecule has 4 aromatic rings. The Hall–Kier alpha value is -4.29. The van der Waals surface area contributed by atoms with Gasteiger partial charge < -0.3 is 9.64 Å². The van der Waals surface area contributed by atoms with Crippen molar-refractivity contribution in [2.24, 2.45) is 7.05 Å². The van der Waals surface area contributed by atoms with Gasteiger partial charge in [0.15, 0.2) is 0 Å². The monoisotopic (exact) mass is 587 g/mol. The molecule has 4 heterocycles. The Kier molecular flexibility index (Phi) is 7.19. The van der Waals surface area contributed by atoms with Gasteiger partial charge in [-0.05, 0) is 50.1 Å². The molecule has 2 aromatic heterocycles. The summed E-state index contributed by atoms with van der Waals surface area (Å²) in [6, 6.07) is 13.4. The highest BCUT2D eigenvalue weighted by Gasteiger charge is 2.33. The molecule has 0 radical (unpaired) electrons. The zero-order valence-electron chi connectivity index (χ0n) is 24.0. The number of carbonyl (C=O) groups is 1. The number of nitrogens with zero attached hydrogens (tertiary/aromatic N) is 6. The van der Waals surface area contributed by atoms with Crippen LogP contribution in [-0.2, 0) is 23.6 Å². The van der Waals surface area contributed by atoms with Gasteiger partial charge in [-0.2, -0.15) is 10.1 Å². The molecule has 6 rings (SSSR count). The number of piperazine rings is 1. The molecule has 12 heteroatoms. The molecule has 4 bridgehead atoms. The average Bonchev–Trinajstić information content (AvgIpc) is 3.26. The number of sulfonamides is 1. The van der Waals surface area contributed by atoms with E-state index in [9.17, 15) is 13.2 Å². The van der Waals surface area contributed by atoms with Crippen LogP contribution in [0.1, 0.15) is 32.7 Å². The summed E-state index contributed by atoms with van der Waals surface area (Å²) in [7, 11) is -2.19. The summed E-state index contributed by atoms with van der Waals surface area (Å²) >= 11 is 0. The number of benzene rings is 2. The van der Waals surface area contributed by atoms with Gasteiger partial charge in [0.1, 0.15) is 6.61 Å². The lowest BCUT2D eigenvalue weighted by atomic mass is 10.00. The molecular weight excluding hydrogens is 554 g/mol. The molecule has 1 amide bonds. The van der Waals surface area contributed by atoms with Gasteiger partial charge in [0.2, 0.25) is 11.8 Å². The number of carbonyl (C=O) groups excluding carboxylic acids is 1. The second-order valence-corrected chi connectivity index (χ2v) is 12.6. The van der Waals surface area contributed by atoms with E-state index in [1.165, 1.54) is 12.1 Å². The summed E-state index contributed by atoms with van der Waals surface area (Å²) < 4.78 is 37.4. The van der Waals surface area contributed by atoms with E-state index in [-0.39, 0.29) is 35.3 Å². The largest absolute Gasteiger partial charge is 0.475 e. The van der Waals surface area contributed by atoms with Crippen molar-refractivity contribution in [2.75, 3.05) is 31.0 Å². The second kappa shape index (κ2) is 10.8. The van der Waals surface area contributed by atoms with Crippen LogP contribution in [0.2, 0.25) is 0 Å². The fraction of sp³-hybridized carbons (Fsp3) is 0.333. The molecule has 42 heavy (non-hydrogen) atoms.